The minimum absolute atomic E-state index is 0.0175. The number of carbonyl (C=O) groups excluding carboxylic acids is 2. The Hall–Kier alpha value is -2.35. The zero-order chi connectivity index (χ0) is 18.1. The highest BCUT2D eigenvalue weighted by molar-refractivity contribution is 5.90. The van der Waals surface area contributed by atoms with Crippen molar-refractivity contribution in [2.24, 2.45) is 5.92 Å². The van der Waals surface area contributed by atoms with E-state index in [1.807, 2.05) is 11.0 Å². The quantitative estimate of drug-likeness (QED) is 0.821. The van der Waals surface area contributed by atoms with Crippen molar-refractivity contribution in [1.29, 1.82) is 5.26 Å². The molecule has 1 aromatic rings. The predicted molar refractivity (Wildman–Crippen MR) is 97.0 cm³/mol. The summed E-state index contributed by atoms with van der Waals surface area (Å²) in [6, 6.07) is 9.90. The molecule has 0 bridgehead atoms. The summed E-state index contributed by atoms with van der Waals surface area (Å²) in [4.78, 5) is 29.7. The second-order valence-corrected chi connectivity index (χ2v) is 7.72. The molecule has 1 aliphatic carbocycles. The van der Waals surface area contributed by atoms with Gasteiger partial charge in [0.2, 0.25) is 11.8 Å². The zero-order valence-electron chi connectivity index (χ0n) is 15.1. The largest absolute Gasteiger partial charge is 0.330 e. The van der Waals surface area contributed by atoms with E-state index in [1.54, 1.807) is 4.90 Å². The highest BCUT2D eigenvalue weighted by Gasteiger charge is 2.42. The molecule has 3 atom stereocenters. The lowest BCUT2D eigenvalue weighted by molar-refractivity contribution is -0.146. The molecule has 2 heterocycles. The van der Waals surface area contributed by atoms with Crippen LogP contribution in [0.3, 0.4) is 0 Å². The van der Waals surface area contributed by atoms with E-state index in [9.17, 15) is 14.9 Å². The van der Waals surface area contributed by atoms with E-state index in [4.69, 9.17) is 0 Å². The van der Waals surface area contributed by atoms with E-state index in [2.05, 4.69) is 24.3 Å². The van der Waals surface area contributed by atoms with Crippen LogP contribution in [-0.4, -0.2) is 46.8 Å². The summed E-state index contributed by atoms with van der Waals surface area (Å²) in [6.07, 6.45) is 5.79. The molecule has 2 aliphatic heterocycles. The Morgan fingerprint density at radius 3 is 2.50 bits per heavy atom. The smallest absolute Gasteiger partial charge is 0.246 e. The van der Waals surface area contributed by atoms with Crippen molar-refractivity contribution in [2.75, 3.05) is 13.1 Å². The third-order valence-electron chi connectivity index (χ3n) is 6.20. The SMILES string of the molecule is N#C[C@@H]1CCCN1C(=O)[C@@H]1CCCN1C(=O)[C@H]1CCc2ccccc2C1. The molecule has 5 heteroatoms. The van der Waals surface area contributed by atoms with E-state index < -0.39 is 0 Å². The average Bonchev–Trinajstić information content (AvgIpc) is 3.35. The van der Waals surface area contributed by atoms with Gasteiger partial charge in [-0.25, -0.2) is 0 Å². The first-order valence-electron chi connectivity index (χ1n) is 9.76. The van der Waals surface area contributed by atoms with Gasteiger partial charge < -0.3 is 9.80 Å². The number of likely N-dealkylation sites (tertiary alicyclic amines) is 2. The average molecular weight is 351 g/mol. The normalized spacial score (nSPS) is 27.9. The molecular formula is C21H25N3O2. The molecular weight excluding hydrogens is 326 g/mol. The maximum atomic E-state index is 13.2. The molecule has 1 aromatic carbocycles. The number of amides is 2. The maximum absolute atomic E-state index is 13.2. The number of carbonyl (C=O) groups is 2. The lowest BCUT2D eigenvalue weighted by Gasteiger charge is -2.33. The third kappa shape index (κ3) is 2.98. The molecule has 0 spiro atoms. The van der Waals surface area contributed by atoms with Crippen LogP contribution in [0.1, 0.15) is 43.2 Å². The fourth-order valence-corrected chi connectivity index (χ4v) is 4.79. The number of benzene rings is 1. The van der Waals surface area contributed by atoms with Crippen molar-refractivity contribution in [3.05, 3.63) is 35.4 Å². The highest BCUT2D eigenvalue weighted by Crippen LogP contribution is 2.30. The van der Waals surface area contributed by atoms with Gasteiger partial charge in [-0.3, -0.25) is 9.59 Å². The van der Waals surface area contributed by atoms with Gasteiger partial charge in [-0.2, -0.15) is 5.26 Å². The summed E-state index contributed by atoms with van der Waals surface area (Å²) < 4.78 is 0. The van der Waals surface area contributed by atoms with Crippen LogP contribution in [0.4, 0.5) is 0 Å². The number of aryl methyl sites for hydroxylation is 1. The Morgan fingerprint density at radius 1 is 0.962 bits per heavy atom. The number of fused-ring (bicyclic) bond motifs is 1. The summed E-state index contributed by atoms with van der Waals surface area (Å²) in [5, 5.41) is 9.28. The molecule has 2 saturated heterocycles. The van der Waals surface area contributed by atoms with Crippen molar-refractivity contribution >= 4 is 11.8 Å². The molecule has 2 amide bonds. The van der Waals surface area contributed by atoms with Gasteiger partial charge in [0, 0.05) is 19.0 Å². The van der Waals surface area contributed by atoms with Gasteiger partial charge in [0.05, 0.1) is 6.07 Å². The van der Waals surface area contributed by atoms with Crippen LogP contribution in [0.2, 0.25) is 0 Å². The van der Waals surface area contributed by atoms with E-state index in [0.717, 1.165) is 44.9 Å². The van der Waals surface area contributed by atoms with Crippen LogP contribution in [-0.2, 0) is 22.4 Å². The molecule has 0 saturated carbocycles. The number of hydrogen-bond acceptors (Lipinski definition) is 3. The zero-order valence-corrected chi connectivity index (χ0v) is 15.1. The topological polar surface area (TPSA) is 64.4 Å². The number of rotatable bonds is 2. The van der Waals surface area contributed by atoms with Crippen LogP contribution in [0, 0.1) is 17.2 Å². The van der Waals surface area contributed by atoms with E-state index in [1.165, 1.54) is 11.1 Å². The van der Waals surface area contributed by atoms with Gasteiger partial charge in [-0.1, -0.05) is 24.3 Å². The molecule has 26 heavy (non-hydrogen) atoms. The van der Waals surface area contributed by atoms with Gasteiger partial charge in [0.1, 0.15) is 12.1 Å². The lowest BCUT2D eigenvalue weighted by atomic mass is 9.83. The van der Waals surface area contributed by atoms with Crippen molar-refractivity contribution in [3.63, 3.8) is 0 Å². The van der Waals surface area contributed by atoms with Gasteiger partial charge in [-0.05, 0) is 56.1 Å². The van der Waals surface area contributed by atoms with Gasteiger partial charge in [0.25, 0.3) is 0 Å². The van der Waals surface area contributed by atoms with Crippen LogP contribution < -0.4 is 0 Å². The second-order valence-electron chi connectivity index (χ2n) is 7.72. The van der Waals surface area contributed by atoms with E-state index >= 15 is 0 Å². The number of hydrogen-bond donors (Lipinski definition) is 0. The maximum Gasteiger partial charge on any atom is 0.246 e. The van der Waals surface area contributed by atoms with E-state index in [0.29, 0.717) is 13.1 Å². The van der Waals surface area contributed by atoms with Gasteiger partial charge in [-0.15, -0.1) is 0 Å². The summed E-state index contributed by atoms with van der Waals surface area (Å²) in [5.74, 6) is 0.0859. The van der Waals surface area contributed by atoms with E-state index in [-0.39, 0.29) is 29.8 Å². The van der Waals surface area contributed by atoms with Gasteiger partial charge in [0.15, 0.2) is 0 Å². The van der Waals surface area contributed by atoms with Crippen LogP contribution in [0.25, 0.3) is 0 Å². The predicted octanol–water partition coefficient (Wildman–Crippen LogP) is 2.30. The molecule has 4 rings (SSSR count). The fourth-order valence-electron chi connectivity index (χ4n) is 4.79. The molecule has 5 nitrogen and oxygen atoms in total. The Morgan fingerprint density at radius 2 is 1.69 bits per heavy atom. The molecule has 0 radical (unpaired) electrons. The third-order valence-corrected chi connectivity index (χ3v) is 6.20. The Kier molecular flexibility index (Phi) is 4.67. The molecule has 0 aromatic heterocycles. The monoisotopic (exact) mass is 351 g/mol. The fraction of sp³-hybridized carbons (Fsp3) is 0.571. The second kappa shape index (κ2) is 7.11. The van der Waals surface area contributed by atoms with Crippen LogP contribution in [0.15, 0.2) is 24.3 Å². The lowest BCUT2D eigenvalue weighted by Crippen LogP contribution is -2.50. The number of nitriles is 1. The van der Waals surface area contributed by atoms with Crippen molar-refractivity contribution < 1.29 is 9.59 Å². The highest BCUT2D eigenvalue weighted by atomic mass is 16.2. The van der Waals surface area contributed by atoms with Crippen molar-refractivity contribution in [3.8, 4) is 6.07 Å². The Labute approximate surface area is 154 Å². The summed E-state index contributed by atoms with van der Waals surface area (Å²) in [5.41, 5.74) is 2.61. The molecule has 2 fully saturated rings. The summed E-state index contributed by atoms with van der Waals surface area (Å²) in [6.45, 7) is 1.31. The Balaban J connectivity index is 1.47. The van der Waals surface area contributed by atoms with Crippen molar-refractivity contribution in [2.45, 2.75) is 57.0 Å². The number of nitrogens with zero attached hydrogens (tertiary/aromatic N) is 3. The van der Waals surface area contributed by atoms with Crippen LogP contribution in [0.5, 0.6) is 0 Å². The first kappa shape index (κ1) is 17.1. The summed E-state index contributed by atoms with van der Waals surface area (Å²) in [7, 11) is 0. The Bertz CT molecular complexity index is 754. The molecule has 136 valence electrons. The van der Waals surface area contributed by atoms with Crippen LogP contribution >= 0.6 is 0 Å². The first-order valence-corrected chi connectivity index (χ1v) is 9.76. The molecule has 0 N–H and O–H groups in total. The summed E-state index contributed by atoms with van der Waals surface area (Å²) >= 11 is 0. The first-order chi connectivity index (χ1) is 12.7. The minimum Gasteiger partial charge on any atom is -0.330 e. The molecule has 3 aliphatic rings. The van der Waals surface area contributed by atoms with Crippen molar-refractivity contribution in [1.82, 2.24) is 9.80 Å². The molecule has 0 unspecified atom stereocenters. The van der Waals surface area contributed by atoms with Gasteiger partial charge >= 0.3 is 0 Å². The minimum atomic E-state index is -0.367. The standard InChI is InChI=1S/C21H25N3O2/c22-14-18-7-3-11-23(18)21(26)19-8-4-12-24(19)20(25)17-10-9-15-5-1-2-6-16(15)13-17/h1-2,5-6,17-19H,3-4,7-13H2/t17-,18-,19-/m0/s1.